The predicted molar refractivity (Wildman–Crippen MR) is 49.2 cm³/mol. The Morgan fingerprint density at radius 3 is 2.57 bits per heavy atom. The van der Waals surface area contributed by atoms with Crippen molar-refractivity contribution in [2.75, 3.05) is 12.8 Å². The minimum Gasteiger partial charge on any atom is -0.478 e. The summed E-state index contributed by atoms with van der Waals surface area (Å²) in [7, 11) is 1.22. The number of hydrogen-bond donors (Lipinski definition) is 2. The van der Waals surface area contributed by atoms with Gasteiger partial charge in [-0.05, 0) is 18.2 Å². The third kappa shape index (κ3) is 1.82. The van der Waals surface area contributed by atoms with Crippen molar-refractivity contribution < 1.29 is 19.4 Å². The summed E-state index contributed by atoms with van der Waals surface area (Å²) >= 11 is 0. The number of benzene rings is 1. The normalized spacial score (nSPS) is 9.50. The second-order valence-corrected chi connectivity index (χ2v) is 2.60. The highest BCUT2D eigenvalue weighted by Gasteiger charge is 2.12. The highest BCUT2D eigenvalue weighted by molar-refractivity contribution is 5.98. The van der Waals surface area contributed by atoms with Gasteiger partial charge in [0.25, 0.3) is 0 Å². The standard InChI is InChI=1S/C9H9NO4/c1-14-9(13)5-2-3-7(10)6(4-5)8(11)12/h2-4H,10H2,1H3,(H,11,12). The number of rotatable bonds is 2. The molecule has 0 atom stereocenters. The predicted octanol–water partition coefficient (Wildman–Crippen LogP) is 0.754. The molecule has 0 aliphatic heterocycles. The average Bonchev–Trinajstić information content (AvgIpc) is 2.17. The van der Waals surface area contributed by atoms with Crippen LogP contribution in [-0.4, -0.2) is 24.2 Å². The van der Waals surface area contributed by atoms with E-state index in [4.69, 9.17) is 10.8 Å². The molecule has 0 saturated carbocycles. The fourth-order valence-corrected chi connectivity index (χ4v) is 0.986. The Hall–Kier alpha value is -2.04. The molecule has 1 aromatic rings. The van der Waals surface area contributed by atoms with Crippen molar-refractivity contribution in [1.29, 1.82) is 0 Å². The van der Waals surface area contributed by atoms with Crippen molar-refractivity contribution in [2.45, 2.75) is 0 Å². The largest absolute Gasteiger partial charge is 0.478 e. The molecule has 1 aromatic carbocycles. The van der Waals surface area contributed by atoms with E-state index < -0.39 is 11.9 Å². The van der Waals surface area contributed by atoms with Crippen molar-refractivity contribution >= 4 is 17.6 Å². The molecule has 0 amide bonds. The maximum absolute atomic E-state index is 11.0. The first-order chi connectivity index (χ1) is 6.56. The number of carboxylic acid groups (broad SMARTS) is 1. The lowest BCUT2D eigenvalue weighted by molar-refractivity contribution is 0.0601. The van der Waals surface area contributed by atoms with E-state index in [9.17, 15) is 9.59 Å². The number of anilines is 1. The summed E-state index contributed by atoms with van der Waals surface area (Å²) in [5.41, 5.74) is 5.58. The fraction of sp³-hybridized carbons (Fsp3) is 0.111. The molecule has 0 aliphatic rings. The van der Waals surface area contributed by atoms with Gasteiger partial charge in [-0.2, -0.15) is 0 Å². The summed E-state index contributed by atoms with van der Waals surface area (Å²) in [6.07, 6.45) is 0. The smallest absolute Gasteiger partial charge is 0.337 e. The van der Waals surface area contributed by atoms with Crippen LogP contribution in [0.4, 0.5) is 5.69 Å². The number of carbonyl (C=O) groups excluding carboxylic acids is 1. The molecule has 1 rings (SSSR count). The molecule has 74 valence electrons. The lowest BCUT2D eigenvalue weighted by atomic mass is 10.1. The summed E-state index contributed by atoms with van der Waals surface area (Å²) in [4.78, 5) is 21.7. The number of nitrogens with two attached hydrogens (primary N) is 1. The van der Waals surface area contributed by atoms with E-state index >= 15 is 0 Å². The van der Waals surface area contributed by atoms with Crippen molar-refractivity contribution in [3.05, 3.63) is 29.3 Å². The fourth-order valence-electron chi connectivity index (χ4n) is 0.986. The molecule has 3 N–H and O–H groups in total. The van der Waals surface area contributed by atoms with Gasteiger partial charge in [-0.25, -0.2) is 9.59 Å². The van der Waals surface area contributed by atoms with Crippen LogP contribution in [-0.2, 0) is 4.74 Å². The monoisotopic (exact) mass is 195 g/mol. The molecule has 0 bridgehead atoms. The molecule has 0 radical (unpaired) electrons. The Morgan fingerprint density at radius 2 is 2.07 bits per heavy atom. The topological polar surface area (TPSA) is 89.6 Å². The molecule has 0 saturated heterocycles. The summed E-state index contributed by atoms with van der Waals surface area (Å²) in [6.45, 7) is 0. The Kier molecular flexibility index (Phi) is 2.71. The summed E-state index contributed by atoms with van der Waals surface area (Å²) in [5, 5.41) is 8.71. The van der Waals surface area contributed by atoms with Gasteiger partial charge < -0.3 is 15.6 Å². The van der Waals surface area contributed by atoms with Crippen LogP contribution >= 0.6 is 0 Å². The van der Waals surface area contributed by atoms with Crippen LogP contribution in [0.25, 0.3) is 0 Å². The molecule has 0 unspecified atom stereocenters. The molecular weight excluding hydrogens is 186 g/mol. The molecule has 0 aliphatic carbocycles. The first-order valence-corrected chi connectivity index (χ1v) is 3.77. The number of hydrogen-bond acceptors (Lipinski definition) is 4. The Balaban J connectivity index is 3.19. The molecule has 5 heteroatoms. The summed E-state index contributed by atoms with van der Waals surface area (Å²) in [5.74, 6) is -1.76. The van der Waals surface area contributed by atoms with E-state index in [0.717, 1.165) is 0 Å². The SMILES string of the molecule is COC(=O)c1ccc(N)c(C(=O)O)c1. The van der Waals surface area contributed by atoms with Gasteiger partial charge in [0, 0.05) is 5.69 Å². The lowest BCUT2D eigenvalue weighted by Gasteiger charge is -2.03. The number of nitrogen functional groups attached to an aromatic ring is 1. The van der Waals surface area contributed by atoms with Crippen LogP contribution in [0.3, 0.4) is 0 Å². The third-order valence-corrected chi connectivity index (χ3v) is 1.70. The van der Waals surface area contributed by atoms with Crippen LogP contribution in [0, 0.1) is 0 Å². The molecule has 14 heavy (non-hydrogen) atoms. The van der Waals surface area contributed by atoms with Crippen molar-refractivity contribution in [3.63, 3.8) is 0 Å². The van der Waals surface area contributed by atoms with Crippen molar-refractivity contribution in [3.8, 4) is 0 Å². The van der Waals surface area contributed by atoms with E-state index in [1.54, 1.807) is 0 Å². The molecule has 5 nitrogen and oxygen atoms in total. The van der Waals surface area contributed by atoms with Crippen LogP contribution in [0.15, 0.2) is 18.2 Å². The zero-order valence-corrected chi connectivity index (χ0v) is 7.48. The Morgan fingerprint density at radius 1 is 1.43 bits per heavy atom. The quantitative estimate of drug-likeness (QED) is 0.537. The van der Waals surface area contributed by atoms with E-state index in [1.165, 1.54) is 25.3 Å². The third-order valence-electron chi connectivity index (χ3n) is 1.70. The number of ether oxygens (including phenoxy) is 1. The number of carbonyl (C=O) groups is 2. The van der Waals surface area contributed by atoms with Gasteiger partial charge in [0.1, 0.15) is 0 Å². The van der Waals surface area contributed by atoms with Crippen LogP contribution in [0.1, 0.15) is 20.7 Å². The molecule has 0 spiro atoms. The zero-order chi connectivity index (χ0) is 10.7. The first-order valence-electron chi connectivity index (χ1n) is 3.77. The molecule has 0 heterocycles. The van der Waals surface area contributed by atoms with Crippen LogP contribution in [0.5, 0.6) is 0 Å². The van der Waals surface area contributed by atoms with Gasteiger partial charge in [0.2, 0.25) is 0 Å². The maximum Gasteiger partial charge on any atom is 0.337 e. The summed E-state index contributed by atoms with van der Waals surface area (Å²) in [6, 6.07) is 3.95. The lowest BCUT2D eigenvalue weighted by Crippen LogP contribution is -2.07. The first kappa shape index (κ1) is 10.0. The second-order valence-electron chi connectivity index (χ2n) is 2.60. The molecule has 0 aromatic heterocycles. The number of aromatic carboxylic acids is 1. The average molecular weight is 195 g/mol. The van der Waals surface area contributed by atoms with Crippen LogP contribution < -0.4 is 5.73 Å². The van der Waals surface area contributed by atoms with E-state index in [-0.39, 0.29) is 16.8 Å². The van der Waals surface area contributed by atoms with Gasteiger partial charge in [0.05, 0.1) is 18.2 Å². The minimum absolute atomic E-state index is 0.104. The van der Waals surface area contributed by atoms with Gasteiger partial charge in [-0.1, -0.05) is 0 Å². The van der Waals surface area contributed by atoms with E-state index in [2.05, 4.69) is 4.74 Å². The molecular formula is C9H9NO4. The molecule has 0 fully saturated rings. The number of esters is 1. The van der Waals surface area contributed by atoms with Gasteiger partial charge in [-0.3, -0.25) is 0 Å². The highest BCUT2D eigenvalue weighted by atomic mass is 16.5. The minimum atomic E-state index is -1.17. The zero-order valence-electron chi connectivity index (χ0n) is 7.48. The second kappa shape index (κ2) is 3.78. The highest BCUT2D eigenvalue weighted by Crippen LogP contribution is 2.14. The van der Waals surface area contributed by atoms with Gasteiger partial charge in [-0.15, -0.1) is 0 Å². The van der Waals surface area contributed by atoms with E-state index in [0.29, 0.717) is 0 Å². The number of methoxy groups -OCH3 is 1. The Labute approximate surface area is 80.1 Å². The van der Waals surface area contributed by atoms with Crippen LogP contribution in [0.2, 0.25) is 0 Å². The number of carboxylic acids is 1. The van der Waals surface area contributed by atoms with Crippen molar-refractivity contribution in [2.24, 2.45) is 0 Å². The van der Waals surface area contributed by atoms with Crippen molar-refractivity contribution in [1.82, 2.24) is 0 Å². The maximum atomic E-state index is 11.0. The van der Waals surface area contributed by atoms with Gasteiger partial charge in [0.15, 0.2) is 0 Å². The van der Waals surface area contributed by atoms with Gasteiger partial charge >= 0.3 is 11.9 Å². The Bertz CT molecular complexity index is 386. The van der Waals surface area contributed by atoms with E-state index in [1.807, 2.05) is 0 Å². The summed E-state index contributed by atoms with van der Waals surface area (Å²) < 4.78 is 4.44.